The summed E-state index contributed by atoms with van der Waals surface area (Å²) in [7, 11) is 0. The number of aliphatic hydroxyl groups is 1. The fourth-order valence-electron chi connectivity index (χ4n) is 2.10. The summed E-state index contributed by atoms with van der Waals surface area (Å²) in [6, 6.07) is 1.91. The van der Waals surface area contributed by atoms with Crippen molar-refractivity contribution >= 4 is 0 Å². The highest BCUT2D eigenvalue weighted by Gasteiger charge is 2.24. The number of hydrogen-bond donors (Lipinski definition) is 1. The van der Waals surface area contributed by atoms with Crippen LogP contribution in [0.3, 0.4) is 0 Å². The van der Waals surface area contributed by atoms with Crippen LogP contribution >= 0.6 is 0 Å². The van der Waals surface area contributed by atoms with Crippen molar-refractivity contribution in [1.82, 2.24) is 4.98 Å². The summed E-state index contributed by atoms with van der Waals surface area (Å²) in [5, 5.41) is 10.2. The second-order valence-corrected chi connectivity index (χ2v) is 4.13. The number of aliphatic hydroxyl groups excluding tert-OH is 1. The first-order valence-electron chi connectivity index (χ1n) is 5.45. The highest BCUT2D eigenvalue weighted by Crippen LogP contribution is 2.30. The van der Waals surface area contributed by atoms with Gasteiger partial charge >= 0.3 is 0 Å². The van der Waals surface area contributed by atoms with Crippen molar-refractivity contribution in [3.8, 4) is 0 Å². The molecule has 0 amide bonds. The van der Waals surface area contributed by atoms with Crippen molar-refractivity contribution in [3.63, 3.8) is 0 Å². The summed E-state index contributed by atoms with van der Waals surface area (Å²) in [4.78, 5) is 4.04. The summed E-state index contributed by atoms with van der Waals surface area (Å²) in [6.45, 7) is 3.53. The molecular formula is C12H17NO2. The second-order valence-electron chi connectivity index (χ2n) is 4.13. The lowest BCUT2D eigenvalue weighted by Crippen LogP contribution is -2.22. The lowest BCUT2D eigenvalue weighted by molar-refractivity contribution is 0.00693. The molecule has 0 spiro atoms. The highest BCUT2D eigenvalue weighted by molar-refractivity contribution is 5.24. The largest absolute Gasteiger partial charge is 0.388 e. The molecule has 1 aliphatic rings. The Kier molecular flexibility index (Phi) is 3.34. The fraction of sp³-hybridized carbons (Fsp3) is 0.583. The standard InChI is InChI=1S/C12H17NO2/c1-9-8-13-5-2-11(9)12(14)10-3-6-15-7-4-10/h2,5,8,10,12,14H,3-4,6-7H2,1H3. The van der Waals surface area contributed by atoms with Gasteiger partial charge in [-0.1, -0.05) is 0 Å². The van der Waals surface area contributed by atoms with E-state index in [1.54, 1.807) is 12.4 Å². The van der Waals surface area contributed by atoms with Crippen LogP contribution in [0.25, 0.3) is 0 Å². The number of ether oxygens (including phenoxy) is 1. The molecule has 1 atom stereocenters. The lowest BCUT2D eigenvalue weighted by atomic mass is 9.88. The average molecular weight is 207 g/mol. The Balaban J connectivity index is 2.12. The Hall–Kier alpha value is -0.930. The minimum absolute atomic E-state index is 0.333. The Morgan fingerprint density at radius 2 is 2.20 bits per heavy atom. The molecule has 0 radical (unpaired) electrons. The maximum Gasteiger partial charge on any atom is 0.0823 e. The molecule has 82 valence electrons. The van der Waals surface area contributed by atoms with Crippen LogP contribution in [-0.2, 0) is 4.74 Å². The number of hydrogen-bond acceptors (Lipinski definition) is 3. The number of aryl methyl sites for hydroxylation is 1. The lowest BCUT2D eigenvalue weighted by Gasteiger charge is -2.27. The molecule has 1 fully saturated rings. The zero-order chi connectivity index (χ0) is 10.7. The fourth-order valence-corrected chi connectivity index (χ4v) is 2.10. The van der Waals surface area contributed by atoms with Gasteiger partial charge in [-0.15, -0.1) is 0 Å². The first kappa shape index (κ1) is 10.6. The van der Waals surface area contributed by atoms with Gasteiger partial charge < -0.3 is 9.84 Å². The zero-order valence-electron chi connectivity index (χ0n) is 9.02. The minimum atomic E-state index is -0.364. The molecule has 3 nitrogen and oxygen atoms in total. The van der Waals surface area contributed by atoms with E-state index in [0.29, 0.717) is 5.92 Å². The van der Waals surface area contributed by atoms with E-state index in [9.17, 15) is 5.11 Å². The van der Waals surface area contributed by atoms with E-state index in [1.807, 2.05) is 13.0 Å². The van der Waals surface area contributed by atoms with E-state index in [1.165, 1.54) is 0 Å². The van der Waals surface area contributed by atoms with Gasteiger partial charge in [0.15, 0.2) is 0 Å². The molecule has 0 bridgehead atoms. The molecule has 1 saturated heterocycles. The van der Waals surface area contributed by atoms with E-state index in [4.69, 9.17) is 4.74 Å². The first-order chi connectivity index (χ1) is 7.29. The molecule has 1 aromatic heterocycles. The molecule has 0 saturated carbocycles. The van der Waals surface area contributed by atoms with Gasteiger partial charge in [0.1, 0.15) is 0 Å². The van der Waals surface area contributed by atoms with Crippen LogP contribution in [0.5, 0.6) is 0 Å². The normalized spacial score (nSPS) is 20.1. The smallest absolute Gasteiger partial charge is 0.0823 e. The van der Waals surface area contributed by atoms with Gasteiger partial charge in [-0.2, -0.15) is 0 Å². The topological polar surface area (TPSA) is 42.4 Å². The molecule has 3 heteroatoms. The van der Waals surface area contributed by atoms with Gasteiger partial charge in [-0.05, 0) is 42.9 Å². The quantitative estimate of drug-likeness (QED) is 0.804. The van der Waals surface area contributed by atoms with Gasteiger partial charge in [0.2, 0.25) is 0 Å². The molecule has 15 heavy (non-hydrogen) atoms. The van der Waals surface area contributed by atoms with Crippen molar-refractivity contribution in [2.45, 2.75) is 25.9 Å². The van der Waals surface area contributed by atoms with Gasteiger partial charge in [-0.3, -0.25) is 4.98 Å². The molecule has 2 heterocycles. The van der Waals surface area contributed by atoms with Crippen LogP contribution in [-0.4, -0.2) is 23.3 Å². The maximum absolute atomic E-state index is 10.2. The van der Waals surface area contributed by atoms with Crippen molar-refractivity contribution in [2.24, 2.45) is 5.92 Å². The minimum Gasteiger partial charge on any atom is -0.388 e. The predicted octanol–water partition coefficient (Wildman–Crippen LogP) is 1.85. The maximum atomic E-state index is 10.2. The summed E-state index contributed by atoms with van der Waals surface area (Å²) in [5.41, 5.74) is 2.08. The molecule has 0 aliphatic carbocycles. The Labute approximate surface area is 90.1 Å². The predicted molar refractivity (Wildman–Crippen MR) is 57.5 cm³/mol. The summed E-state index contributed by atoms with van der Waals surface area (Å²) < 4.78 is 5.29. The SMILES string of the molecule is Cc1cnccc1C(O)C1CCOCC1. The number of rotatable bonds is 2. The molecule has 0 aromatic carbocycles. The van der Waals surface area contributed by atoms with E-state index in [2.05, 4.69) is 4.98 Å². The van der Waals surface area contributed by atoms with Crippen LogP contribution in [0.15, 0.2) is 18.5 Å². The van der Waals surface area contributed by atoms with Gasteiger partial charge in [-0.25, -0.2) is 0 Å². The number of nitrogens with zero attached hydrogens (tertiary/aromatic N) is 1. The van der Waals surface area contributed by atoms with Crippen LogP contribution in [0.4, 0.5) is 0 Å². The summed E-state index contributed by atoms with van der Waals surface area (Å²) >= 11 is 0. The molecular weight excluding hydrogens is 190 g/mol. The molecule has 1 unspecified atom stereocenters. The van der Waals surface area contributed by atoms with E-state index in [0.717, 1.165) is 37.2 Å². The first-order valence-corrected chi connectivity index (χ1v) is 5.45. The summed E-state index contributed by atoms with van der Waals surface area (Å²) in [5.74, 6) is 0.333. The van der Waals surface area contributed by atoms with E-state index >= 15 is 0 Å². The van der Waals surface area contributed by atoms with Gasteiger partial charge in [0, 0.05) is 25.6 Å². The molecule has 1 aromatic rings. The number of pyridine rings is 1. The molecule has 1 aliphatic heterocycles. The third-order valence-corrected chi connectivity index (χ3v) is 3.09. The zero-order valence-corrected chi connectivity index (χ0v) is 9.02. The summed E-state index contributed by atoms with van der Waals surface area (Å²) in [6.07, 6.45) is 5.08. The molecule has 1 N–H and O–H groups in total. The van der Waals surface area contributed by atoms with Crippen LogP contribution in [0.1, 0.15) is 30.1 Å². The van der Waals surface area contributed by atoms with Crippen molar-refractivity contribution in [1.29, 1.82) is 0 Å². The Morgan fingerprint density at radius 3 is 2.87 bits per heavy atom. The van der Waals surface area contributed by atoms with Gasteiger partial charge in [0.05, 0.1) is 6.10 Å². The van der Waals surface area contributed by atoms with E-state index < -0.39 is 0 Å². The Bertz CT molecular complexity index is 321. The third-order valence-electron chi connectivity index (χ3n) is 3.09. The average Bonchev–Trinajstić information content (AvgIpc) is 2.30. The third kappa shape index (κ3) is 2.36. The van der Waals surface area contributed by atoms with Crippen LogP contribution in [0.2, 0.25) is 0 Å². The Morgan fingerprint density at radius 1 is 1.47 bits per heavy atom. The van der Waals surface area contributed by atoms with Gasteiger partial charge in [0.25, 0.3) is 0 Å². The number of aromatic nitrogens is 1. The van der Waals surface area contributed by atoms with E-state index in [-0.39, 0.29) is 6.10 Å². The second kappa shape index (κ2) is 4.73. The van der Waals surface area contributed by atoms with Crippen molar-refractivity contribution in [3.05, 3.63) is 29.6 Å². The highest BCUT2D eigenvalue weighted by atomic mass is 16.5. The van der Waals surface area contributed by atoms with Crippen LogP contribution < -0.4 is 0 Å². The van der Waals surface area contributed by atoms with Crippen molar-refractivity contribution < 1.29 is 9.84 Å². The van der Waals surface area contributed by atoms with Crippen molar-refractivity contribution in [2.75, 3.05) is 13.2 Å². The monoisotopic (exact) mass is 207 g/mol. The molecule has 2 rings (SSSR count). The van der Waals surface area contributed by atoms with Crippen LogP contribution in [0, 0.1) is 12.8 Å².